The van der Waals surface area contributed by atoms with Crippen LogP contribution in [-0.2, 0) is 6.54 Å². The van der Waals surface area contributed by atoms with Crippen molar-refractivity contribution in [1.29, 1.82) is 0 Å². The van der Waals surface area contributed by atoms with Gasteiger partial charge in [-0.2, -0.15) is 0 Å². The van der Waals surface area contributed by atoms with Crippen molar-refractivity contribution >= 4 is 17.0 Å². The third-order valence-corrected chi connectivity index (χ3v) is 4.20. The van der Waals surface area contributed by atoms with Crippen LogP contribution in [0.5, 0.6) is 0 Å². The second-order valence-electron chi connectivity index (χ2n) is 5.10. The van der Waals surface area contributed by atoms with E-state index in [1.165, 1.54) is 23.5 Å². The molecule has 0 atom stereocenters. The quantitative estimate of drug-likeness (QED) is 0.544. The van der Waals surface area contributed by atoms with Crippen LogP contribution in [0.3, 0.4) is 0 Å². The van der Waals surface area contributed by atoms with E-state index in [0.29, 0.717) is 17.8 Å². The molecule has 2 aromatic heterocycles. The van der Waals surface area contributed by atoms with E-state index in [1.807, 2.05) is 18.4 Å². The molecule has 0 aliphatic rings. The topological polar surface area (TPSA) is 78.0 Å². The van der Waals surface area contributed by atoms with E-state index in [0.717, 1.165) is 10.6 Å². The van der Waals surface area contributed by atoms with Crippen LogP contribution >= 0.6 is 11.3 Å². The van der Waals surface area contributed by atoms with Crippen molar-refractivity contribution in [3.05, 3.63) is 79.0 Å². The van der Waals surface area contributed by atoms with E-state index >= 15 is 0 Å². The van der Waals surface area contributed by atoms with Gasteiger partial charge in [0.05, 0.1) is 17.2 Å². The predicted octanol–water partition coefficient (Wildman–Crippen LogP) is 3.24. The molecule has 0 aliphatic carbocycles. The molecule has 0 amide bonds. The zero-order valence-corrected chi connectivity index (χ0v) is 13.1. The lowest BCUT2D eigenvalue weighted by Crippen LogP contribution is -2.19. The molecule has 7 heteroatoms. The van der Waals surface area contributed by atoms with Gasteiger partial charge in [-0.3, -0.25) is 14.9 Å². The summed E-state index contributed by atoms with van der Waals surface area (Å²) >= 11 is 1.43. The molecule has 0 saturated heterocycles. The standard InChI is InChI=1S/C16H13N3O3S/c1-11-5-6-18(16(20)7-11)9-15-17-14(10-23-15)12-3-2-4-13(8-12)19(21)22/h2-8,10H,9H2,1H3. The van der Waals surface area contributed by atoms with Gasteiger partial charge in [-0.05, 0) is 18.6 Å². The minimum Gasteiger partial charge on any atom is -0.309 e. The fourth-order valence-corrected chi connectivity index (χ4v) is 2.98. The second kappa shape index (κ2) is 6.13. The Kier molecular flexibility index (Phi) is 4.03. The molecule has 23 heavy (non-hydrogen) atoms. The summed E-state index contributed by atoms with van der Waals surface area (Å²) in [5.74, 6) is 0. The predicted molar refractivity (Wildman–Crippen MR) is 88.7 cm³/mol. The Bertz CT molecular complexity index is 930. The van der Waals surface area contributed by atoms with Crippen LogP contribution in [0.25, 0.3) is 11.3 Å². The maximum Gasteiger partial charge on any atom is 0.270 e. The van der Waals surface area contributed by atoms with Crippen LogP contribution in [0.4, 0.5) is 5.69 Å². The molecule has 0 fully saturated rings. The molecule has 116 valence electrons. The Balaban J connectivity index is 1.87. The lowest BCUT2D eigenvalue weighted by molar-refractivity contribution is -0.384. The fourth-order valence-electron chi connectivity index (χ4n) is 2.18. The minimum absolute atomic E-state index is 0.0341. The first-order valence-electron chi connectivity index (χ1n) is 6.89. The summed E-state index contributed by atoms with van der Waals surface area (Å²) in [6.45, 7) is 2.26. The summed E-state index contributed by atoms with van der Waals surface area (Å²) in [6, 6.07) is 9.81. The first-order chi connectivity index (χ1) is 11.0. The van der Waals surface area contributed by atoms with Gasteiger partial charge < -0.3 is 4.57 Å². The van der Waals surface area contributed by atoms with Gasteiger partial charge in [0, 0.05) is 35.3 Å². The second-order valence-corrected chi connectivity index (χ2v) is 6.05. The minimum atomic E-state index is -0.428. The maximum atomic E-state index is 11.9. The Morgan fingerprint density at radius 3 is 2.87 bits per heavy atom. The summed E-state index contributed by atoms with van der Waals surface area (Å²) in [5.41, 5.74) is 2.25. The van der Waals surface area contributed by atoms with Gasteiger partial charge in [0.25, 0.3) is 11.2 Å². The Hall–Kier alpha value is -2.80. The Labute approximate surface area is 135 Å². The highest BCUT2D eigenvalue weighted by atomic mass is 32.1. The fraction of sp³-hybridized carbons (Fsp3) is 0.125. The smallest absolute Gasteiger partial charge is 0.270 e. The lowest BCUT2D eigenvalue weighted by atomic mass is 10.1. The number of nitrogens with zero attached hydrogens (tertiary/aromatic N) is 3. The number of thiazole rings is 1. The van der Waals surface area contributed by atoms with Crippen LogP contribution in [-0.4, -0.2) is 14.5 Å². The molecule has 3 aromatic rings. The zero-order chi connectivity index (χ0) is 16.4. The van der Waals surface area contributed by atoms with Crippen LogP contribution in [0.2, 0.25) is 0 Å². The number of hydrogen-bond donors (Lipinski definition) is 0. The monoisotopic (exact) mass is 327 g/mol. The first-order valence-corrected chi connectivity index (χ1v) is 7.77. The number of pyridine rings is 1. The van der Waals surface area contributed by atoms with Crippen molar-refractivity contribution in [2.45, 2.75) is 13.5 Å². The van der Waals surface area contributed by atoms with Crippen molar-refractivity contribution in [2.75, 3.05) is 0 Å². The third-order valence-electron chi connectivity index (χ3n) is 3.36. The summed E-state index contributed by atoms with van der Waals surface area (Å²) in [4.78, 5) is 26.8. The van der Waals surface area contributed by atoms with Gasteiger partial charge in [-0.25, -0.2) is 4.98 Å². The molecule has 6 nitrogen and oxygen atoms in total. The normalized spacial score (nSPS) is 10.7. The van der Waals surface area contributed by atoms with E-state index in [4.69, 9.17) is 0 Å². The largest absolute Gasteiger partial charge is 0.309 e. The highest BCUT2D eigenvalue weighted by molar-refractivity contribution is 7.09. The van der Waals surface area contributed by atoms with Crippen LogP contribution in [0.15, 0.2) is 52.8 Å². The van der Waals surface area contributed by atoms with E-state index in [1.54, 1.807) is 29.0 Å². The van der Waals surface area contributed by atoms with Gasteiger partial charge in [0.1, 0.15) is 5.01 Å². The first kappa shape index (κ1) is 15.1. The molecule has 1 aromatic carbocycles. The molecule has 0 radical (unpaired) electrons. The van der Waals surface area contributed by atoms with E-state index in [2.05, 4.69) is 4.98 Å². The van der Waals surface area contributed by atoms with E-state index in [9.17, 15) is 14.9 Å². The Morgan fingerprint density at radius 1 is 1.30 bits per heavy atom. The molecule has 0 aliphatic heterocycles. The molecule has 2 heterocycles. The zero-order valence-electron chi connectivity index (χ0n) is 12.3. The molecule has 0 unspecified atom stereocenters. The van der Waals surface area contributed by atoms with Crippen molar-refractivity contribution in [1.82, 2.24) is 9.55 Å². The van der Waals surface area contributed by atoms with Gasteiger partial charge in [0.15, 0.2) is 0 Å². The molecule has 0 N–H and O–H groups in total. The van der Waals surface area contributed by atoms with Crippen molar-refractivity contribution in [2.24, 2.45) is 0 Å². The summed E-state index contributed by atoms with van der Waals surface area (Å²) in [5, 5.41) is 13.5. The van der Waals surface area contributed by atoms with E-state index in [-0.39, 0.29) is 11.2 Å². The van der Waals surface area contributed by atoms with Gasteiger partial charge in [-0.15, -0.1) is 11.3 Å². The van der Waals surface area contributed by atoms with E-state index < -0.39 is 4.92 Å². The average molecular weight is 327 g/mol. The highest BCUT2D eigenvalue weighted by Crippen LogP contribution is 2.25. The number of aromatic nitrogens is 2. The summed E-state index contributed by atoms with van der Waals surface area (Å²) in [6.07, 6.45) is 1.74. The van der Waals surface area contributed by atoms with Crippen LogP contribution in [0.1, 0.15) is 10.6 Å². The van der Waals surface area contributed by atoms with Gasteiger partial charge in [-0.1, -0.05) is 12.1 Å². The van der Waals surface area contributed by atoms with Crippen LogP contribution < -0.4 is 5.56 Å². The lowest BCUT2D eigenvalue weighted by Gasteiger charge is -2.02. The molecule has 3 rings (SSSR count). The Morgan fingerprint density at radius 2 is 2.13 bits per heavy atom. The van der Waals surface area contributed by atoms with Gasteiger partial charge >= 0.3 is 0 Å². The SMILES string of the molecule is Cc1ccn(Cc2nc(-c3cccc([N+](=O)[O-])c3)cs2)c(=O)c1. The number of rotatable bonds is 4. The summed E-state index contributed by atoms with van der Waals surface area (Å²) in [7, 11) is 0. The molecule has 0 bridgehead atoms. The average Bonchev–Trinajstić information content (AvgIpc) is 2.99. The molecule has 0 spiro atoms. The third kappa shape index (κ3) is 3.35. The number of nitro groups is 1. The van der Waals surface area contributed by atoms with Gasteiger partial charge in [0.2, 0.25) is 0 Å². The number of hydrogen-bond acceptors (Lipinski definition) is 5. The molecule has 0 saturated carbocycles. The highest BCUT2D eigenvalue weighted by Gasteiger charge is 2.10. The summed E-state index contributed by atoms with van der Waals surface area (Å²) < 4.78 is 1.59. The number of benzene rings is 1. The van der Waals surface area contributed by atoms with Crippen LogP contribution in [0, 0.1) is 17.0 Å². The van der Waals surface area contributed by atoms with Crippen molar-refractivity contribution < 1.29 is 4.92 Å². The number of nitro benzene ring substituents is 1. The number of aryl methyl sites for hydroxylation is 1. The molecular formula is C16H13N3O3S. The molecular weight excluding hydrogens is 314 g/mol. The number of non-ortho nitro benzene ring substituents is 1. The van der Waals surface area contributed by atoms with Crippen molar-refractivity contribution in [3.8, 4) is 11.3 Å². The maximum absolute atomic E-state index is 11.9. The van der Waals surface area contributed by atoms with Crippen molar-refractivity contribution in [3.63, 3.8) is 0 Å².